The monoisotopic (exact) mass is 259 g/mol. The van der Waals surface area contributed by atoms with Crippen molar-refractivity contribution in [3.05, 3.63) is 24.3 Å². The van der Waals surface area contributed by atoms with E-state index < -0.39 is 5.76 Å². The Morgan fingerprint density at radius 1 is 1.19 bits per heavy atom. The second kappa shape index (κ2) is 4.75. The van der Waals surface area contributed by atoms with Gasteiger partial charge in [0.25, 0.3) is 5.76 Å². The molecule has 0 saturated heterocycles. The molecule has 2 aromatic rings. The lowest BCUT2D eigenvalue weighted by atomic mass is 10.2. The summed E-state index contributed by atoms with van der Waals surface area (Å²) in [6.45, 7) is 0. The molecule has 84 valence electrons. The van der Waals surface area contributed by atoms with Crippen LogP contribution in [0.2, 0.25) is 0 Å². The molecule has 2 N–H and O–H groups in total. The third kappa shape index (κ3) is 2.67. The fourth-order valence-corrected chi connectivity index (χ4v) is 2.24. The number of aromatic nitrogens is 2. The van der Waals surface area contributed by atoms with Crippen LogP contribution >= 0.6 is 23.1 Å². The quantitative estimate of drug-likeness (QED) is 0.860. The lowest BCUT2D eigenvalue weighted by Gasteiger charge is -2.00. The van der Waals surface area contributed by atoms with Crippen LogP contribution < -0.4 is 5.73 Å². The van der Waals surface area contributed by atoms with E-state index >= 15 is 0 Å². The van der Waals surface area contributed by atoms with Gasteiger partial charge in [0.15, 0.2) is 0 Å². The smallest absolute Gasteiger partial charge is 0.288 e. The van der Waals surface area contributed by atoms with Gasteiger partial charge in [-0.2, -0.15) is 8.78 Å². The number of alkyl halides is 2. The number of halogens is 2. The van der Waals surface area contributed by atoms with Gasteiger partial charge < -0.3 is 5.73 Å². The minimum atomic E-state index is -2.40. The normalized spacial score (nSPS) is 10.9. The van der Waals surface area contributed by atoms with Crippen LogP contribution in [0, 0.1) is 0 Å². The minimum absolute atomic E-state index is 0.390. The van der Waals surface area contributed by atoms with E-state index in [1.54, 1.807) is 24.3 Å². The molecule has 0 aliphatic rings. The fourth-order valence-electron chi connectivity index (χ4n) is 1.13. The van der Waals surface area contributed by atoms with E-state index in [1.807, 2.05) is 0 Å². The van der Waals surface area contributed by atoms with Crippen molar-refractivity contribution in [3.8, 4) is 10.6 Å². The lowest BCUT2D eigenvalue weighted by Crippen LogP contribution is -1.82. The van der Waals surface area contributed by atoms with Crippen molar-refractivity contribution in [2.24, 2.45) is 0 Å². The van der Waals surface area contributed by atoms with E-state index in [9.17, 15) is 8.78 Å². The van der Waals surface area contributed by atoms with Crippen molar-refractivity contribution in [2.45, 2.75) is 10.7 Å². The minimum Gasteiger partial charge on any atom is -0.374 e. The molecule has 1 heterocycles. The number of anilines is 1. The molecule has 1 aromatic carbocycles. The van der Waals surface area contributed by atoms with Gasteiger partial charge in [-0.3, -0.25) is 0 Å². The van der Waals surface area contributed by atoms with Crippen molar-refractivity contribution in [1.82, 2.24) is 10.2 Å². The van der Waals surface area contributed by atoms with Crippen LogP contribution in [0.4, 0.5) is 13.9 Å². The molecule has 1 aromatic heterocycles. The number of hydrogen-bond donors (Lipinski definition) is 1. The maximum atomic E-state index is 12.1. The van der Waals surface area contributed by atoms with Gasteiger partial charge in [-0.25, -0.2) is 0 Å². The van der Waals surface area contributed by atoms with E-state index in [4.69, 9.17) is 5.73 Å². The third-order valence-corrected chi connectivity index (χ3v) is 3.29. The average molecular weight is 259 g/mol. The van der Waals surface area contributed by atoms with Gasteiger partial charge in [-0.1, -0.05) is 35.2 Å². The SMILES string of the molecule is Nc1nnc(-c2ccc(SC(F)F)cc2)s1. The molecule has 0 unspecified atom stereocenters. The molecule has 0 fully saturated rings. The largest absolute Gasteiger partial charge is 0.374 e. The van der Waals surface area contributed by atoms with E-state index in [-0.39, 0.29) is 0 Å². The van der Waals surface area contributed by atoms with Crippen LogP contribution in [0.5, 0.6) is 0 Å². The summed E-state index contributed by atoms with van der Waals surface area (Å²) in [5, 5.41) is 8.63. The summed E-state index contributed by atoms with van der Waals surface area (Å²) in [7, 11) is 0. The molecule has 3 nitrogen and oxygen atoms in total. The van der Waals surface area contributed by atoms with Gasteiger partial charge in [0.2, 0.25) is 5.13 Å². The highest BCUT2D eigenvalue weighted by atomic mass is 32.2. The van der Waals surface area contributed by atoms with E-state index in [0.29, 0.717) is 26.8 Å². The van der Waals surface area contributed by atoms with Crippen molar-refractivity contribution in [2.75, 3.05) is 5.73 Å². The first-order valence-electron chi connectivity index (χ1n) is 4.29. The predicted octanol–water partition coefficient (Wildman–Crippen LogP) is 3.10. The first-order valence-corrected chi connectivity index (χ1v) is 5.99. The summed E-state index contributed by atoms with van der Waals surface area (Å²) in [5.41, 5.74) is 6.28. The Balaban J connectivity index is 2.19. The zero-order valence-electron chi connectivity index (χ0n) is 7.93. The summed E-state index contributed by atoms with van der Waals surface area (Å²) in [5.74, 6) is -2.40. The third-order valence-electron chi connectivity index (χ3n) is 1.77. The second-order valence-corrected chi connectivity index (χ2v) is 4.92. The zero-order chi connectivity index (χ0) is 11.5. The molecule has 0 radical (unpaired) electrons. The summed E-state index contributed by atoms with van der Waals surface area (Å²) in [6.07, 6.45) is 0. The molecule has 0 amide bonds. The highest BCUT2D eigenvalue weighted by Crippen LogP contribution is 2.29. The van der Waals surface area contributed by atoms with Gasteiger partial charge in [0.05, 0.1) is 0 Å². The van der Waals surface area contributed by atoms with Gasteiger partial charge in [0, 0.05) is 10.5 Å². The Hall–Kier alpha value is -1.21. The highest BCUT2D eigenvalue weighted by molar-refractivity contribution is 7.99. The topological polar surface area (TPSA) is 51.8 Å². The molecule has 0 bridgehead atoms. The Bertz CT molecular complexity index is 470. The standard InChI is InChI=1S/C9H7F2N3S2/c10-8(11)15-6-3-1-5(2-4-6)7-13-14-9(12)16-7/h1-4,8H,(H2,12,14). The number of hydrogen-bond acceptors (Lipinski definition) is 5. The van der Waals surface area contributed by atoms with Gasteiger partial charge in [-0.05, 0) is 12.1 Å². The number of benzene rings is 1. The number of thioether (sulfide) groups is 1. The number of nitrogens with zero attached hydrogens (tertiary/aromatic N) is 2. The molecule has 16 heavy (non-hydrogen) atoms. The first kappa shape index (κ1) is 11.3. The molecule has 7 heteroatoms. The van der Waals surface area contributed by atoms with E-state index in [0.717, 1.165) is 5.56 Å². The van der Waals surface area contributed by atoms with Crippen LogP contribution in [0.15, 0.2) is 29.2 Å². The summed E-state index contributed by atoms with van der Waals surface area (Å²) >= 11 is 1.78. The summed E-state index contributed by atoms with van der Waals surface area (Å²) in [6, 6.07) is 6.71. The number of rotatable bonds is 3. The molecule has 0 saturated carbocycles. The summed E-state index contributed by atoms with van der Waals surface area (Å²) in [4.78, 5) is 0.524. The molecule has 2 rings (SSSR count). The summed E-state index contributed by atoms with van der Waals surface area (Å²) < 4.78 is 24.1. The Morgan fingerprint density at radius 3 is 2.38 bits per heavy atom. The van der Waals surface area contributed by atoms with Crippen molar-refractivity contribution in [3.63, 3.8) is 0 Å². The second-order valence-electron chi connectivity index (χ2n) is 2.85. The number of nitrogen functional groups attached to an aromatic ring is 1. The maximum Gasteiger partial charge on any atom is 0.288 e. The Kier molecular flexibility index (Phi) is 3.35. The van der Waals surface area contributed by atoms with Crippen LogP contribution in [0.1, 0.15) is 0 Å². The van der Waals surface area contributed by atoms with E-state index in [2.05, 4.69) is 10.2 Å². The van der Waals surface area contributed by atoms with Crippen LogP contribution in [-0.4, -0.2) is 16.0 Å². The predicted molar refractivity (Wildman–Crippen MR) is 61.6 cm³/mol. The van der Waals surface area contributed by atoms with Gasteiger partial charge >= 0.3 is 0 Å². The van der Waals surface area contributed by atoms with Gasteiger partial charge in [-0.15, -0.1) is 10.2 Å². The number of nitrogens with two attached hydrogens (primary N) is 1. The van der Waals surface area contributed by atoms with Crippen molar-refractivity contribution >= 4 is 28.2 Å². The maximum absolute atomic E-state index is 12.1. The molecule has 0 aliphatic carbocycles. The molecule has 0 aliphatic heterocycles. The molecular formula is C9H7F2N3S2. The Morgan fingerprint density at radius 2 is 1.88 bits per heavy atom. The highest BCUT2D eigenvalue weighted by Gasteiger charge is 2.07. The Labute approximate surface area is 98.7 Å². The van der Waals surface area contributed by atoms with Crippen LogP contribution in [-0.2, 0) is 0 Å². The lowest BCUT2D eigenvalue weighted by molar-refractivity contribution is 0.252. The molecule has 0 spiro atoms. The van der Waals surface area contributed by atoms with Gasteiger partial charge in [0.1, 0.15) is 5.01 Å². The zero-order valence-corrected chi connectivity index (χ0v) is 9.56. The van der Waals surface area contributed by atoms with E-state index in [1.165, 1.54) is 11.3 Å². The van der Waals surface area contributed by atoms with Crippen molar-refractivity contribution < 1.29 is 8.78 Å². The van der Waals surface area contributed by atoms with Crippen LogP contribution in [0.3, 0.4) is 0 Å². The fraction of sp³-hybridized carbons (Fsp3) is 0.111. The molecule has 0 atom stereocenters. The molecular weight excluding hydrogens is 252 g/mol. The average Bonchev–Trinajstić information content (AvgIpc) is 2.65. The first-order chi connectivity index (χ1) is 7.65. The van der Waals surface area contributed by atoms with Crippen LogP contribution in [0.25, 0.3) is 10.6 Å². The van der Waals surface area contributed by atoms with Crippen molar-refractivity contribution in [1.29, 1.82) is 0 Å².